The average molecular weight is 439 g/mol. The molecule has 32 heavy (non-hydrogen) atoms. The predicted molar refractivity (Wildman–Crippen MR) is 121 cm³/mol. The van der Waals surface area contributed by atoms with Crippen molar-refractivity contribution in [3.63, 3.8) is 0 Å². The van der Waals surface area contributed by atoms with Crippen LogP contribution in [0.5, 0.6) is 0 Å². The van der Waals surface area contributed by atoms with E-state index in [0.29, 0.717) is 6.42 Å². The number of hydrogen-bond acceptors (Lipinski definition) is 4. The zero-order valence-corrected chi connectivity index (χ0v) is 18.6. The molecular weight excluding hydrogens is 408 g/mol. The molecule has 2 amide bonds. The molecule has 1 aliphatic carbocycles. The molecule has 0 aliphatic heterocycles. The first-order chi connectivity index (χ1) is 15.3. The third-order valence-corrected chi connectivity index (χ3v) is 6.00. The minimum atomic E-state index is -1.06. The summed E-state index contributed by atoms with van der Waals surface area (Å²) in [6.07, 6.45) is -0.0151. The molecule has 0 spiro atoms. The summed E-state index contributed by atoms with van der Waals surface area (Å²) in [6.45, 7) is 5.51. The molecule has 0 heterocycles. The Labute approximate surface area is 188 Å². The van der Waals surface area contributed by atoms with Crippen molar-refractivity contribution in [2.45, 2.75) is 51.6 Å². The van der Waals surface area contributed by atoms with Crippen LogP contribution in [0.3, 0.4) is 0 Å². The Kier molecular flexibility index (Phi) is 7.51. The number of ether oxygens (including phenoxy) is 1. The van der Waals surface area contributed by atoms with E-state index in [1.54, 1.807) is 13.8 Å². The highest BCUT2D eigenvalue weighted by Crippen LogP contribution is 2.44. The molecular formula is C25H30N2O5. The largest absolute Gasteiger partial charge is 0.480 e. The molecule has 0 bridgehead atoms. The lowest BCUT2D eigenvalue weighted by Crippen LogP contribution is -2.47. The maximum atomic E-state index is 12.3. The molecule has 0 fully saturated rings. The molecule has 1 aliphatic rings. The Morgan fingerprint density at radius 1 is 0.969 bits per heavy atom. The van der Waals surface area contributed by atoms with E-state index in [0.717, 1.165) is 22.3 Å². The molecule has 0 saturated carbocycles. The number of carbonyl (C=O) groups is 3. The van der Waals surface area contributed by atoms with Crippen molar-refractivity contribution in [1.29, 1.82) is 0 Å². The first-order valence-corrected chi connectivity index (χ1v) is 11.0. The van der Waals surface area contributed by atoms with Gasteiger partial charge in [-0.25, -0.2) is 9.59 Å². The van der Waals surface area contributed by atoms with E-state index in [9.17, 15) is 19.5 Å². The summed E-state index contributed by atoms with van der Waals surface area (Å²) in [5.74, 6) is -1.73. The van der Waals surface area contributed by atoms with Crippen LogP contribution < -0.4 is 10.6 Å². The first kappa shape index (κ1) is 23.3. The van der Waals surface area contributed by atoms with Gasteiger partial charge in [0.2, 0.25) is 5.91 Å². The van der Waals surface area contributed by atoms with Gasteiger partial charge in [-0.15, -0.1) is 0 Å². The molecule has 7 nitrogen and oxygen atoms in total. The molecule has 0 aromatic heterocycles. The molecule has 7 heteroatoms. The molecule has 3 rings (SSSR count). The molecule has 0 saturated heterocycles. The number of aliphatic carboxylic acids is 1. The second-order valence-corrected chi connectivity index (χ2v) is 8.34. The molecule has 1 unspecified atom stereocenters. The van der Waals surface area contributed by atoms with Crippen molar-refractivity contribution >= 4 is 18.0 Å². The SMILES string of the molecule is CC[C@H](C)[C@H](NC(=O)CC(C)NC(=O)OCC1c2ccccc2-c2ccccc21)C(=O)O. The van der Waals surface area contributed by atoms with Crippen LogP contribution in [0.1, 0.15) is 50.7 Å². The smallest absolute Gasteiger partial charge is 0.407 e. The van der Waals surface area contributed by atoms with Crippen LogP contribution in [-0.2, 0) is 14.3 Å². The highest BCUT2D eigenvalue weighted by atomic mass is 16.5. The average Bonchev–Trinajstić information content (AvgIpc) is 3.09. The fourth-order valence-electron chi connectivity index (χ4n) is 4.09. The minimum Gasteiger partial charge on any atom is -0.480 e. The van der Waals surface area contributed by atoms with Gasteiger partial charge in [-0.1, -0.05) is 68.8 Å². The number of benzene rings is 2. The molecule has 0 radical (unpaired) electrons. The van der Waals surface area contributed by atoms with Crippen molar-refractivity contribution in [3.8, 4) is 11.1 Å². The van der Waals surface area contributed by atoms with Gasteiger partial charge < -0.3 is 20.5 Å². The van der Waals surface area contributed by atoms with Crippen molar-refractivity contribution < 1.29 is 24.2 Å². The monoisotopic (exact) mass is 438 g/mol. The van der Waals surface area contributed by atoms with Crippen LogP contribution in [0.4, 0.5) is 4.79 Å². The van der Waals surface area contributed by atoms with Crippen LogP contribution in [0.2, 0.25) is 0 Å². The summed E-state index contributed by atoms with van der Waals surface area (Å²) in [5.41, 5.74) is 4.55. The number of amides is 2. The van der Waals surface area contributed by atoms with Crippen LogP contribution >= 0.6 is 0 Å². The molecule has 2 aromatic carbocycles. The fourth-order valence-corrected chi connectivity index (χ4v) is 4.09. The molecule has 2 aromatic rings. The minimum absolute atomic E-state index is 0.0373. The number of carboxylic acids is 1. The van der Waals surface area contributed by atoms with Crippen molar-refractivity contribution in [2.24, 2.45) is 5.92 Å². The highest BCUT2D eigenvalue weighted by Gasteiger charge is 2.29. The number of hydrogen-bond donors (Lipinski definition) is 3. The maximum Gasteiger partial charge on any atom is 0.407 e. The topological polar surface area (TPSA) is 105 Å². The number of alkyl carbamates (subject to hydrolysis) is 1. The Hall–Kier alpha value is -3.35. The zero-order valence-electron chi connectivity index (χ0n) is 18.6. The Morgan fingerprint density at radius 3 is 2.06 bits per heavy atom. The normalized spacial score (nSPS) is 15.1. The van der Waals surface area contributed by atoms with Crippen molar-refractivity contribution in [1.82, 2.24) is 10.6 Å². The number of rotatable bonds is 9. The van der Waals surface area contributed by atoms with E-state index >= 15 is 0 Å². The zero-order chi connectivity index (χ0) is 23.3. The van der Waals surface area contributed by atoms with E-state index in [2.05, 4.69) is 22.8 Å². The number of carbonyl (C=O) groups excluding carboxylic acids is 2. The Morgan fingerprint density at radius 2 is 1.53 bits per heavy atom. The van der Waals surface area contributed by atoms with Gasteiger partial charge in [0.25, 0.3) is 0 Å². The number of fused-ring (bicyclic) bond motifs is 3. The van der Waals surface area contributed by atoms with Gasteiger partial charge in [0.05, 0.1) is 0 Å². The van der Waals surface area contributed by atoms with Gasteiger partial charge in [0.1, 0.15) is 12.6 Å². The van der Waals surface area contributed by atoms with Gasteiger partial charge in [-0.3, -0.25) is 4.79 Å². The Bertz CT molecular complexity index is 944. The lowest BCUT2D eigenvalue weighted by Gasteiger charge is -2.21. The number of nitrogens with one attached hydrogen (secondary N) is 2. The Balaban J connectivity index is 1.53. The van der Waals surface area contributed by atoms with Gasteiger partial charge in [-0.05, 0) is 35.1 Å². The highest BCUT2D eigenvalue weighted by molar-refractivity contribution is 5.84. The quantitative estimate of drug-likeness (QED) is 0.550. The maximum absolute atomic E-state index is 12.3. The van der Waals surface area contributed by atoms with E-state index in [-0.39, 0.29) is 24.9 Å². The van der Waals surface area contributed by atoms with E-state index in [4.69, 9.17) is 4.74 Å². The summed E-state index contributed by atoms with van der Waals surface area (Å²) in [5, 5.41) is 14.5. The molecule has 3 N–H and O–H groups in total. The lowest BCUT2D eigenvalue weighted by atomic mass is 9.98. The summed E-state index contributed by atoms with van der Waals surface area (Å²) < 4.78 is 5.49. The first-order valence-electron chi connectivity index (χ1n) is 11.0. The second kappa shape index (κ2) is 10.3. The summed E-state index contributed by atoms with van der Waals surface area (Å²) in [4.78, 5) is 36.0. The van der Waals surface area contributed by atoms with Crippen LogP contribution in [0, 0.1) is 5.92 Å². The second-order valence-electron chi connectivity index (χ2n) is 8.34. The van der Waals surface area contributed by atoms with Gasteiger partial charge in [0, 0.05) is 18.4 Å². The van der Waals surface area contributed by atoms with Crippen LogP contribution in [-0.4, -0.2) is 41.8 Å². The van der Waals surface area contributed by atoms with E-state index < -0.39 is 30.1 Å². The van der Waals surface area contributed by atoms with E-state index in [1.807, 2.05) is 43.3 Å². The van der Waals surface area contributed by atoms with Gasteiger partial charge in [0.15, 0.2) is 0 Å². The van der Waals surface area contributed by atoms with Crippen molar-refractivity contribution in [3.05, 3.63) is 59.7 Å². The van der Waals surface area contributed by atoms with Gasteiger partial charge >= 0.3 is 12.1 Å². The fraction of sp³-hybridized carbons (Fsp3) is 0.400. The molecule has 170 valence electrons. The third-order valence-electron chi connectivity index (χ3n) is 6.00. The van der Waals surface area contributed by atoms with Crippen LogP contribution in [0.15, 0.2) is 48.5 Å². The molecule has 3 atom stereocenters. The predicted octanol–water partition coefficient (Wildman–Crippen LogP) is 3.92. The van der Waals surface area contributed by atoms with Gasteiger partial charge in [-0.2, -0.15) is 0 Å². The lowest BCUT2D eigenvalue weighted by molar-refractivity contribution is -0.143. The summed E-state index contributed by atoms with van der Waals surface area (Å²) >= 11 is 0. The van der Waals surface area contributed by atoms with E-state index in [1.165, 1.54) is 0 Å². The summed E-state index contributed by atoms with van der Waals surface area (Å²) in [6, 6.07) is 14.7. The van der Waals surface area contributed by atoms with Crippen LogP contribution in [0.25, 0.3) is 11.1 Å². The van der Waals surface area contributed by atoms with Crippen molar-refractivity contribution in [2.75, 3.05) is 6.61 Å². The number of carboxylic acid groups (broad SMARTS) is 1. The summed E-state index contributed by atoms with van der Waals surface area (Å²) in [7, 11) is 0. The standard InChI is InChI=1S/C25H30N2O5/c1-4-15(2)23(24(29)30)27-22(28)13-16(3)26-25(31)32-14-21-19-11-7-5-9-17(19)18-10-6-8-12-20(18)21/h5-12,15-16,21,23H,4,13-14H2,1-3H3,(H,26,31)(H,27,28)(H,29,30)/t15-,16?,23-/m0/s1. The third kappa shape index (κ3) is 5.28.